The summed E-state index contributed by atoms with van der Waals surface area (Å²) in [5.74, 6) is 0. The minimum Gasteiger partial charge on any atom is -0.464 e. The van der Waals surface area contributed by atoms with Gasteiger partial charge in [0.25, 0.3) is 0 Å². The summed E-state index contributed by atoms with van der Waals surface area (Å²) >= 11 is 0. The van der Waals surface area contributed by atoms with Crippen LogP contribution in [0.15, 0.2) is 47.2 Å². The molecule has 1 N–H and O–H groups in total. The first-order chi connectivity index (χ1) is 8.79. The number of fused-ring (bicyclic) bond motifs is 1. The molecule has 0 aliphatic carbocycles. The van der Waals surface area contributed by atoms with Crippen LogP contribution < -0.4 is 5.32 Å². The summed E-state index contributed by atoms with van der Waals surface area (Å²) in [5, 5.41) is 8.87. The molecule has 0 fully saturated rings. The van der Waals surface area contributed by atoms with Crippen LogP contribution in [0.4, 0.5) is 0 Å². The highest BCUT2D eigenvalue weighted by atomic mass is 16.3. The topological polar surface area (TPSA) is 43.0 Å². The molecule has 0 bridgehead atoms. The van der Waals surface area contributed by atoms with Gasteiger partial charge in [-0.2, -0.15) is 5.10 Å². The molecule has 2 aromatic heterocycles. The average Bonchev–Trinajstić information content (AvgIpc) is 2.98. The van der Waals surface area contributed by atoms with E-state index in [-0.39, 0.29) is 6.04 Å². The van der Waals surface area contributed by atoms with Gasteiger partial charge < -0.3 is 9.73 Å². The zero-order valence-electron chi connectivity index (χ0n) is 10.4. The molecular weight excluding hydrogens is 226 g/mol. The summed E-state index contributed by atoms with van der Waals surface area (Å²) in [6, 6.07) is 10.1. The number of aromatic nitrogens is 2. The quantitative estimate of drug-likeness (QED) is 0.766. The van der Waals surface area contributed by atoms with Crippen molar-refractivity contribution >= 4 is 11.0 Å². The molecule has 1 atom stereocenters. The lowest BCUT2D eigenvalue weighted by Crippen LogP contribution is -2.18. The van der Waals surface area contributed by atoms with Gasteiger partial charge in [0.2, 0.25) is 0 Å². The van der Waals surface area contributed by atoms with Gasteiger partial charge in [-0.25, -0.2) is 0 Å². The minimum absolute atomic E-state index is 0.0508. The van der Waals surface area contributed by atoms with Gasteiger partial charge in [0, 0.05) is 24.2 Å². The zero-order chi connectivity index (χ0) is 12.5. The van der Waals surface area contributed by atoms with Gasteiger partial charge in [0.1, 0.15) is 5.58 Å². The maximum atomic E-state index is 5.59. The summed E-state index contributed by atoms with van der Waals surface area (Å²) in [6.07, 6.45) is 3.75. The van der Waals surface area contributed by atoms with Crippen LogP contribution in [0.1, 0.15) is 17.3 Å². The molecule has 0 amide bonds. The first-order valence-electron chi connectivity index (χ1n) is 5.92. The largest absolute Gasteiger partial charge is 0.464 e. The van der Waals surface area contributed by atoms with E-state index in [4.69, 9.17) is 4.42 Å². The first-order valence-corrected chi connectivity index (χ1v) is 5.92. The maximum Gasteiger partial charge on any atom is 0.134 e. The molecule has 18 heavy (non-hydrogen) atoms. The lowest BCUT2D eigenvalue weighted by molar-refractivity contribution is 0.589. The van der Waals surface area contributed by atoms with Crippen molar-refractivity contribution in [3.63, 3.8) is 0 Å². The summed E-state index contributed by atoms with van der Waals surface area (Å²) < 4.78 is 7.39. The van der Waals surface area contributed by atoms with E-state index in [1.165, 1.54) is 0 Å². The predicted octanol–water partition coefficient (Wildman–Crippen LogP) is 2.48. The molecule has 1 unspecified atom stereocenters. The number of nitrogens with one attached hydrogen (secondary N) is 1. The highest BCUT2D eigenvalue weighted by Crippen LogP contribution is 2.29. The van der Waals surface area contributed by atoms with Crippen molar-refractivity contribution in [1.82, 2.24) is 15.1 Å². The Balaban J connectivity index is 2.11. The van der Waals surface area contributed by atoms with Crippen molar-refractivity contribution in [2.75, 3.05) is 7.05 Å². The molecule has 0 aliphatic heterocycles. The van der Waals surface area contributed by atoms with E-state index in [1.807, 2.05) is 49.2 Å². The number of furan rings is 1. The van der Waals surface area contributed by atoms with Crippen LogP contribution in [0.5, 0.6) is 0 Å². The normalized spacial score (nSPS) is 13.0. The number of nitrogens with zero attached hydrogens (tertiary/aromatic N) is 2. The van der Waals surface area contributed by atoms with E-state index in [1.54, 1.807) is 6.26 Å². The third-order valence-corrected chi connectivity index (χ3v) is 3.14. The minimum atomic E-state index is 0.0508. The van der Waals surface area contributed by atoms with Crippen LogP contribution in [-0.2, 0) is 7.05 Å². The van der Waals surface area contributed by atoms with Gasteiger partial charge in [-0.05, 0) is 19.2 Å². The van der Waals surface area contributed by atoms with Gasteiger partial charge in [0.15, 0.2) is 0 Å². The van der Waals surface area contributed by atoms with Gasteiger partial charge in [-0.1, -0.05) is 18.2 Å². The molecule has 3 rings (SSSR count). The fourth-order valence-electron chi connectivity index (χ4n) is 2.27. The van der Waals surface area contributed by atoms with Gasteiger partial charge in [0.05, 0.1) is 18.0 Å². The lowest BCUT2D eigenvalue weighted by Gasteiger charge is -2.12. The van der Waals surface area contributed by atoms with Crippen molar-refractivity contribution in [3.05, 3.63) is 54.0 Å². The Kier molecular flexibility index (Phi) is 2.64. The zero-order valence-corrected chi connectivity index (χ0v) is 10.4. The molecule has 0 saturated heterocycles. The van der Waals surface area contributed by atoms with Crippen molar-refractivity contribution in [2.24, 2.45) is 7.05 Å². The fourth-order valence-corrected chi connectivity index (χ4v) is 2.27. The summed E-state index contributed by atoms with van der Waals surface area (Å²) in [7, 11) is 3.85. The fraction of sp³-hybridized carbons (Fsp3) is 0.214. The lowest BCUT2D eigenvalue weighted by atomic mass is 10.0. The van der Waals surface area contributed by atoms with Crippen LogP contribution in [0.2, 0.25) is 0 Å². The van der Waals surface area contributed by atoms with Gasteiger partial charge in [-0.3, -0.25) is 4.68 Å². The van der Waals surface area contributed by atoms with Gasteiger partial charge in [-0.15, -0.1) is 0 Å². The molecule has 0 spiro atoms. The Morgan fingerprint density at radius 1 is 1.28 bits per heavy atom. The molecule has 0 saturated carbocycles. The number of hydrogen-bond acceptors (Lipinski definition) is 3. The number of aryl methyl sites for hydroxylation is 1. The second-order valence-corrected chi connectivity index (χ2v) is 4.32. The second kappa shape index (κ2) is 4.31. The van der Waals surface area contributed by atoms with E-state index in [2.05, 4.69) is 16.5 Å². The van der Waals surface area contributed by atoms with Crippen molar-refractivity contribution < 1.29 is 4.42 Å². The number of rotatable bonds is 3. The molecular formula is C14H15N3O. The number of para-hydroxylation sites is 1. The van der Waals surface area contributed by atoms with Crippen molar-refractivity contribution in [3.8, 4) is 0 Å². The van der Waals surface area contributed by atoms with Crippen LogP contribution in [0.3, 0.4) is 0 Å². The van der Waals surface area contributed by atoms with Crippen molar-refractivity contribution in [2.45, 2.75) is 6.04 Å². The third kappa shape index (κ3) is 1.71. The highest BCUT2D eigenvalue weighted by molar-refractivity contribution is 5.81. The van der Waals surface area contributed by atoms with E-state index in [9.17, 15) is 0 Å². The van der Waals surface area contributed by atoms with Crippen LogP contribution >= 0.6 is 0 Å². The molecule has 1 aromatic carbocycles. The molecule has 3 aromatic rings. The molecule has 0 radical (unpaired) electrons. The van der Waals surface area contributed by atoms with Gasteiger partial charge >= 0.3 is 0 Å². The van der Waals surface area contributed by atoms with E-state index >= 15 is 0 Å². The maximum absolute atomic E-state index is 5.59. The predicted molar refractivity (Wildman–Crippen MR) is 70.3 cm³/mol. The Bertz CT molecular complexity index is 668. The molecule has 4 nitrogen and oxygen atoms in total. The third-order valence-electron chi connectivity index (χ3n) is 3.14. The molecule has 0 aliphatic rings. The smallest absolute Gasteiger partial charge is 0.134 e. The van der Waals surface area contributed by atoms with E-state index < -0.39 is 0 Å². The van der Waals surface area contributed by atoms with Crippen LogP contribution in [0.25, 0.3) is 11.0 Å². The first kappa shape index (κ1) is 11.0. The Morgan fingerprint density at radius 3 is 2.83 bits per heavy atom. The Hall–Kier alpha value is -2.07. The van der Waals surface area contributed by atoms with E-state index in [0.29, 0.717) is 0 Å². The molecule has 4 heteroatoms. The van der Waals surface area contributed by atoms with Crippen LogP contribution in [-0.4, -0.2) is 16.8 Å². The second-order valence-electron chi connectivity index (χ2n) is 4.32. The SMILES string of the molecule is CNC(c1ccn(C)n1)c1coc2ccccc12. The molecule has 2 heterocycles. The summed E-state index contributed by atoms with van der Waals surface area (Å²) in [4.78, 5) is 0. The Morgan fingerprint density at radius 2 is 2.11 bits per heavy atom. The monoisotopic (exact) mass is 241 g/mol. The van der Waals surface area contributed by atoms with Crippen LogP contribution in [0, 0.1) is 0 Å². The highest BCUT2D eigenvalue weighted by Gasteiger charge is 2.19. The summed E-state index contributed by atoms with van der Waals surface area (Å²) in [6.45, 7) is 0. The average molecular weight is 241 g/mol. The Labute approximate surface area is 105 Å². The number of benzene rings is 1. The van der Waals surface area contributed by atoms with Crippen molar-refractivity contribution in [1.29, 1.82) is 0 Å². The number of hydrogen-bond donors (Lipinski definition) is 1. The van der Waals surface area contributed by atoms with E-state index in [0.717, 1.165) is 22.2 Å². The summed E-state index contributed by atoms with van der Waals surface area (Å²) in [5.41, 5.74) is 3.02. The standard InChI is InChI=1S/C14H15N3O/c1-15-14(12-7-8-17(2)16-12)11-9-18-13-6-4-3-5-10(11)13/h3-9,14-15H,1-2H3. The molecule has 92 valence electrons.